The largest absolute Gasteiger partial charge is 0.342 e. The molecule has 4 heteroatoms. The van der Waals surface area contributed by atoms with Gasteiger partial charge in [0.15, 0.2) is 0 Å². The first kappa shape index (κ1) is 16.5. The van der Waals surface area contributed by atoms with E-state index in [9.17, 15) is 9.59 Å². The van der Waals surface area contributed by atoms with Gasteiger partial charge in [-0.05, 0) is 24.3 Å². The summed E-state index contributed by atoms with van der Waals surface area (Å²) < 4.78 is 0. The predicted molar refractivity (Wildman–Crippen MR) is 87.1 cm³/mol. The highest BCUT2D eigenvalue weighted by atomic mass is 16.2. The van der Waals surface area contributed by atoms with Crippen molar-refractivity contribution in [1.82, 2.24) is 9.80 Å². The van der Waals surface area contributed by atoms with Crippen molar-refractivity contribution in [3.05, 3.63) is 35.9 Å². The fourth-order valence-electron chi connectivity index (χ4n) is 2.96. The number of carbonyl (C=O) groups is 2. The number of amides is 2. The van der Waals surface area contributed by atoms with Gasteiger partial charge in [0.2, 0.25) is 11.8 Å². The van der Waals surface area contributed by atoms with Crippen molar-refractivity contribution in [2.75, 3.05) is 19.6 Å². The van der Waals surface area contributed by atoms with Crippen LogP contribution in [-0.4, -0.2) is 41.2 Å². The highest BCUT2D eigenvalue weighted by molar-refractivity contribution is 5.78. The Morgan fingerprint density at radius 2 is 2.00 bits per heavy atom. The molecule has 2 amide bonds. The van der Waals surface area contributed by atoms with Gasteiger partial charge in [0.1, 0.15) is 0 Å². The third-order valence-electron chi connectivity index (χ3n) is 4.27. The van der Waals surface area contributed by atoms with Crippen LogP contribution in [0.15, 0.2) is 30.3 Å². The van der Waals surface area contributed by atoms with Crippen LogP contribution in [0.5, 0.6) is 0 Å². The number of likely N-dealkylation sites (tertiary alicyclic amines) is 1. The Morgan fingerprint density at radius 3 is 2.64 bits per heavy atom. The van der Waals surface area contributed by atoms with Crippen molar-refractivity contribution in [3.8, 4) is 0 Å². The molecule has 1 aromatic rings. The van der Waals surface area contributed by atoms with E-state index in [1.54, 1.807) is 11.8 Å². The molecule has 1 aliphatic heterocycles. The molecular formula is C18H26N2O2. The van der Waals surface area contributed by atoms with E-state index < -0.39 is 0 Å². The molecule has 0 radical (unpaired) electrons. The molecule has 1 aliphatic rings. The maximum Gasteiger partial charge on any atom is 0.224 e. The Labute approximate surface area is 133 Å². The fraction of sp³-hybridized carbons (Fsp3) is 0.556. The number of benzene rings is 1. The lowest BCUT2D eigenvalue weighted by Crippen LogP contribution is -2.41. The Kier molecular flexibility index (Phi) is 5.99. The first-order valence-corrected chi connectivity index (χ1v) is 8.13. The van der Waals surface area contributed by atoms with Crippen LogP contribution < -0.4 is 0 Å². The summed E-state index contributed by atoms with van der Waals surface area (Å²) in [5, 5.41) is 0. The van der Waals surface area contributed by atoms with Crippen LogP contribution in [-0.2, 0) is 16.1 Å². The lowest BCUT2D eigenvalue weighted by Gasteiger charge is -2.31. The lowest BCUT2D eigenvalue weighted by atomic mass is 10.00. The van der Waals surface area contributed by atoms with Crippen molar-refractivity contribution in [2.24, 2.45) is 5.92 Å². The average molecular weight is 302 g/mol. The topological polar surface area (TPSA) is 40.6 Å². The molecule has 1 fully saturated rings. The molecule has 1 heterocycles. The van der Waals surface area contributed by atoms with E-state index in [0.29, 0.717) is 25.4 Å². The summed E-state index contributed by atoms with van der Waals surface area (Å²) >= 11 is 0. The van der Waals surface area contributed by atoms with E-state index >= 15 is 0 Å². The molecule has 0 saturated carbocycles. The first-order chi connectivity index (χ1) is 10.6. The summed E-state index contributed by atoms with van der Waals surface area (Å²) in [5.74, 6) is 0.778. The van der Waals surface area contributed by atoms with Crippen molar-refractivity contribution in [2.45, 2.75) is 39.7 Å². The van der Waals surface area contributed by atoms with Gasteiger partial charge in [0.25, 0.3) is 0 Å². The van der Waals surface area contributed by atoms with E-state index in [1.807, 2.05) is 35.2 Å². The number of nitrogens with zero attached hydrogens (tertiary/aromatic N) is 2. The molecule has 1 unspecified atom stereocenters. The van der Waals surface area contributed by atoms with Crippen LogP contribution in [0.4, 0.5) is 0 Å². The third-order valence-corrected chi connectivity index (χ3v) is 4.27. The monoisotopic (exact) mass is 302 g/mol. The van der Waals surface area contributed by atoms with Crippen LogP contribution in [0.25, 0.3) is 0 Å². The van der Waals surface area contributed by atoms with Gasteiger partial charge in [-0.25, -0.2) is 0 Å². The van der Waals surface area contributed by atoms with Gasteiger partial charge < -0.3 is 9.80 Å². The van der Waals surface area contributed by atoms with E-state index in [2.05, 4.69) is 6.92 Å². The normalized spacial score (nSPS) is 18.1. The van der Waals surface area contributed by atoms with E-state index in [4.69, 9.17) is 0 Å². The highest BCUT2D eigenvalue weighted by Gasteiger charge is 2.21. The van der Waals surface area contributed by atoms with Gasteiger partial charge in [0.05, 0.1) is 0 Å². The molecule has 1 saturated heterocycles. The quantitative estimate of drug-likeness (QED) is 0.839. The van der Waals surface area contributed by atoms with Gasteiger partial charge in [-0.3, -0.25) is 9.59 Å². The van der Waals surface area contributed by atoms with E-state index in [1.165, 1.54) is 6.42 Å². The number of rotatable bonds is 5. The van der Waals surface area contributed by atoms with E-state index in [0.717, 1.165) is 25.1 Å². The zero-order valence-corrected chi connectivity index (χ0v) is 13.6. The summed E-state index contributed by atoms with van der Waals surface area (Å²) in [6.45, 7) is 6.54. The first-order valence-electron chi connectivity index (χ1n) is 8.13. The summed E-state index contributed by atoms with van der Waals surface area (Å²) in [7, 11) is 0. The lowest BCUT2D eigenvalue weighted by molar-refractivity contribution is -0.135. The minimum absolute atomic E-state index is 0.0173. The molecule has 22 heavy (non-hydrogen) atoms. The van der Waals surface area contributed by atoms with Gasteiger partial charge in [0, 0.05) is 39.5 Å². The maximum atomic E-state index is 12.3. The third kappa shape index (κ3) is 4.86. The van der Waals surface area contributed by atoms with Gasteiger partial charge in [-0.2, -0.15) is 0 Å². The molecule has 4 nitrogen and oxygen atoms in total. The SMILES string of the molecule is CC(=O)N(CCC(=O)N1CCCC(C)C1)Cc1ccccc1. The molecule has 0 aliphatic carbocycles. The molecular weight excluding hydrogens is 276 g/mol. The Balaban J connectivity index is 1.86. The summed E-state index contributed by atoms with van der Waals surface area (Å²) in [4.78, 5) is 27.8. The summed E-state index contributed by atoms with van der Waals surface area (Å²) in [6.07, 6.45) is 2.71. The minimum Gasteiger partial charge on any atom is -0.342 e. The maximum absolute atomic E-state index is 12.3. The zero-order chi connectivity index (χ0) is 15.9. The van der Waals surface area contributed by atoms with Crippen LogP contribution in [0.2, 0.25) is 0 Å². The van der Waals surface area contributed by atoms with Crippen molar-refractivity contribution in [3.63, 3.8) is 0 Å². The molecule has 120 valence electrons. The number of piperidine rings is 1. The van der Waals surface area contributed by atoms with Crippen LogP contribution >= 0.6 is 0 Å². The highest BCUT2D eigenvalue weighted by Crippen LogP contribution is 2.16. The van der Waals surface area contributed by atoms with Gasteiger partial charge in [-0.1, -0.05) is 37.3 Å². The molecule has 1 atom stereocenters. The molecule has 0 bridgehead atoms. The molecule has 1 aromatic carbocycles. The number of hydrogen-bond donors (Lipinski definition) is 0. The average Bonchev–Trinajstić information content (AvgIpc) is 2.51. The Hall–Kier alpha value is -1.84. The van der Waals surface area contributed by atoms with Crippen LogP contribution in [0.3, 0.4) is 0 Å². The molecule has 2 rings (SSSR count). The smallest absolute Gasteiger partial charge is 0.224 e. The van der Waals surface area contributed by atoms with Crippen LogP contribution in [0, 0.1) is 5.92 Å². The summed E-state index contributed by atoms with van der Waals surface area (Å²) in [6, 6.07) is 9.90. The van der Waals surface area contributed by atoms with E-state index in [-0.39, 0.29) is 11.8 Å². The van der Waals surface area contributed by atoms with Gasteiger partial charge in [-0.15, -0.1) is 0 Å². The molecule has 0 N–H and O–H groups in total. The molecule has 0 spiro atoms. The second-order valence-electron chi connectivity index (χ2n) is 6.26. The van der Waals surface area contributed by atoms with Crippen molar-refractivity contribution in [1.29, 1.82) is 0 Å². The van der Waals surface area contributed by atoms with Crippen molar-refractivity contribution < 1.29 is 9.59 Å². The second-order valence-corrected chi connectivity index (χ2v) is 6.26. The van der Waals surface area contributed by atoms with Crippen molar-refractivity contribution >= 4 is 11.8 Å². The summed E-state index contributed by atoms with van der Waals surface area (Å²) in [5.41, 5.74) is 1.09. The Bertz CT molecular complexity index is 501. The predicted octanol–water partition coefficient (Wildman–Crippen LogP) is 2.68. The minimum atomic E-state index is 0.0173. The standard InChI is InChI=1S/C18H26N2O2/c1-15-7-6-11-20(13-15)18(22)10-12-19(16(2)21)14-17-8-4-3-5-9-17/h3-5,8-9,15H,6-7,10-14H2,1-2H3. The molecule has 0 aromatic heterocycles. The second kappa shape index (κ2) is 7.97. The van der Waals surface area contributed by atoms with Gasteiger partial charge >= 0.3 is 0 Å². The number of hydrogen-bond acceptors (Lipinski definition) is 2. The fourth-order valence-corrected chi connectivity index (χ4v) is 2.96. The van der Waals surface area contributed by atoms with Crippen LogP contribution in [0.1, 0.15) is 38.7 Å². The number of carbonyl (C=O) groups excluding carboxylic acids is 2. The Morgan fingerprint density at radius 1 is 1.27 bits per heavy atom. The zero-order valence-electron chi connectivity index (χ0n) is 13.6.